The molecule has 0 aliphatic carbocycles. The topological polar surface area (TPSA) is 127 Å². The Hall–Kier alpha value is -5.63. The highest BCUT2D eigenvalue weighted by molar-refractivity contribution is 5.95. The summed E-state index contributed by atoms with van der Waals surface area (Å²) in [7, 11) is 0. The molecule has 1 atom stereocenters. The van der Waals surface area contributed by atoms with Crippen LogP contribution in [-0.2, 0) is 11.2 Å². The predicted molar refractivity (Wildman–Crippen MR) is 151 cm³/mol. The zero-order valence-corrected chi connectivity index (χ0v) is 21.4. The maximum atomic E-state index is 12.2. The van der Waals surface area contributed by atoms with E-state index < -0.39 is 23.3 Å². The van der Waals surface area contributed by atoms with Gasteiger partial charge < -0.3 is 23.8 Å². The van der Waals surface area contributed by atoms with Crippen molar-refractivity contribution in [2.75, 3.05) is 0 Å². The van der Waals surface area contributed by atoms with Crippen molar-refractivity contribution in [1.82, 2.24) is 0 Å². The molecule has 6 aromatic rings. The summed E-state index contributed by atoms with van der Waals surface area (Å²) in [5, 5.41) is 21.6. The van der Waals surface area contributed by atoms with Crippen LogP contribution in [-0.4, -0.2) is 16.2 Å². The van der Waals surface area contributed by atoms with Gasteiger partial charge in [0.1, 0.15) is 28.2 Å². The molecule has 0 amide bonds. The Morgan fingerprint density at radius 1 is 0.610 bits per heavy atom. The molecule has 0 radical (unpaired) electrons. The van der Waals surface area contributed by atoms with Gasteiger partial charge in [-0.2, -0.15) is 0 Å². The number of carbonyl (C=O) groups excluding carboxylic acids is 1. The first-order valence-electron chi connectivity index (χ1n) is 12.7. The highest BCUT2D eigenvalue weighted by Gasteiger charge is 2.36. The maximum absolute atomic E-state index is 12.2. The minimum atomic E-state index is -0.954. The van der Waals surface area contributed by atoms with E-state index >= 15 is 0 Å². The summed E-state index contributed by atoms with van der Waals surface area (Å²) in [6, 6.07) is 29.9. The zero-order valence-electron chi connectivity index (χ0n) is 21.4. The average molecular weight is 547 g/mol. The molecule has 0 spiro atoms. The minimum absolute atomic E-state index is 0.00991. The van der Waals surface area contributed by atoms with Gasteiger partial charge in [0, 0.05) is 12.0 Å². The molecular weight excluding hydrogens is 524 g/mol. The molecule has 7 rings (SSSR count). The number of cyclic esters (lactones) is 1. The van der Waals surface area contributed by atoms with Crippen LogP contribution in [0.3, 0.4) is 0 Å². The van der Waals surface area contributed by atoms with Crippen molar-refractivity contribution in [3.8, 4) is 11.5 Å². The molecule has 1 unspecified atom stereocenters. The predicted octanol–water partition coefficient (Wildman–Crippen LogP) is 5.85. The SMILES string of the molecule is O=C1OC(c2c(O)c3ccccc3oc2=O)c2ccccc21.O=c1oc2ccccc2c(O)c1Cc1ccccc1. The van der Waals surface area contributed by atoms with Gasteiger partial charge in [0.05, 0.1) is 21.9 Å². The van der Waals surface area contributed by atoms with Gasteiger partial charge in [0.15, 0.2) is 6.10 Å². The number of para-hydroxylation sites is 2. The van der Waals surface area contributed by atoms with E-state index in [0.717, 1.165) is 5.56 Å². The van der Waals surface area contributed by atoms with Crippen LogP contribution in [0.15, 0.2) is 122 Å². The van der Waals surface area contributed by atoms with Crippen molar-refractivity contribution in [2.24, 2.45) is 0 Å². The summed E-state index contributed by atoms with van der Waals surface area (Å²) in [5.41, 5.74) is 1.62. The van der Waals surface area contributed by atoms with Gasteiger partial charge >= 0.3 is 17.2 Å². The standard InChI is InChI=1S/C17H10O5.C16H12O3/c18-14-11-7-3-4-8-12(11)21-17(20)13(14)15-9-5-1-2-6-10(9)16(19)22-15;17-15-12-8-4-5-9-14(12)19-16(18)13(15)10-11-6-2-1-3-7-11/h1-8,15,18H;1-9,17H,10H2. The quantitative estimate of drug-likeness (QED) is 0.209. The van der Waals surface area contributed by atoms with Gasteiger partial charge in [-0.1, -0.05) is 72.8 Å². The fourth-order valence-corrected chi connectivity index (χ4v) is 4.87. The Kier molecular flexibility index (Phi) is 6.57. The van der Waals surface area contributed by atoms with Gasteiger partial charge in [0.2, 0.25) is 0 Å². The molecule has 41 heavy (non-hydrogen) atoms. The molecule has 1 aliphatic rings. The third kappa shape index (κ3) is 4.72. The molecular formula is C33H22O8. The van der Waals surface area contributed by atoms with E-state index in [1.165, 1.54) is 0 Å². The highest BCUT2D eigenvalue weighted by Crippen LogP contribution is 2.40. The van der Waals surface area contributed by atoms with Crippen molar-refractivity contribution in [3.63, 3.8) is 0 Å². The van der Waals surface area contributed by atoms with E-state index in [1.807, 2.05) is 30.3 Å². The smallest absolute Gasteiger partial charge is 0.347 e. The molecule has 0 bridgehead atoms. The number of ether oxygens (including phenoxy) is 1. The van der Waals surface area contributed by atoms with Crippen LogP contribution in [0, 0.1) is 0 Å². The monoisotopic (exact) mass is 546 g/mol. The first kappa shape index (κ1) is 25.6. The lowest BCUT2D eigenvalue weighted by Gasteiger charge is -2.12. The molecule has 1 aliphatic heterocycles. The number of hydrogen-bond acceptors (Lipinski definition) is 8. The van der Waals surface area contributed by atoms with Gasteiger partial charge in [-0.05, 0) is 35.9 Å². The third-order valence-corrected chi connectivity index (χ3v) is 6.87. The summed E-state index contributed by atoms with van der Waals surface area (Å²) < 4.78 is 15.7. The van der Waals surface area contributed by atoms with Gasteiger partial charge in [-0.25, -0.2) is 14.4 Å². The zero-order chi connectivity index (χ0) is 28.5. The lowest BCUT2D eigenvalue weighted by atomic mass is 9.99. The Morgan fingerprint density at radius 2 is 1.17 bits per heavy atom. The molecule has 2 N–H and O–H groups in total. The molecule has 3 heterocycles. The van der Waals surface area contributed by atoms with Gasteiger partial charge in [-0.15, -0.1) is 0 Å². The largest absolute Gasteiger partial charge is 0.507 e. The third-order valence-electron chi connectivity index (χ3n) is 6.87. The number of carbonyl (C=O) groups is 1. The molecule has 0 saturated heterocycles. The summed E-state index contributed by atoms with van der Waals surface area (Å²) in [6.45, 7) is 0. The van der Waals surface area contributed by atoms with E-state index in [1.54, 1.807) is 72.8 Å². The van der Waals surface area contributed by atoms with Crippen molar-refractivity contribution in [2.45, 2.75) is 12.5 Å². The van der Waals surface area contributed by atoms with Crippen LogP contribution >= 0.6 is 0 Å². The molecule has 2 aromatic heterocycles. The summed E-state index contributed by atoms with van der Waals surface area (Å²) in [4.78, 5) is 36.1. The molecule has 8 nitrogen and oxygen atoms in total. The van der Waals surface area contributed by atoms with Gasteiger partial charge in [-0.3, -0.25) is 0 Å². The van der Waals surface area contributed by atoms with Crippen LogP contribution in [0.2, 0.25) is 0 Å². The second-order valence-corrected chi connectivity index (χ2v) is 9.40. The normalized spacial score (nSPS) is 13.9. The number of aromatic hydroxyl groups is 2. The summed E-state index contributed by atoms with van der Waals surface area (Å²) in [6.07, 6.45) is -0.593. The number of fused-ring (bicyclic) bond motifs is 3. The molecule has 8 heteroatoms. The maximum Gasteiger partial charge on any atom is 0.347 e. The first-order chi connectivity index (χ1) is 19.9. The van der Waals surface area contributed by atoms with Crippen LogP contribution in [0.1, 0.15) is 38.7 Å². The van der Waals surface area contributed by atoms with E-state index in [-0.39, 0.29) is 22.6 Å². The first-order valence-corrected chi connectivity index (χ1v) is 12.7. The van der Waals surface area contributed by atoms with E-state index in [0.29, 0.717) is 39.5 Å². The van der Waals surface area contributed by atoms with Crippen molar-refractivity contribution in [1.29, 1.82) is 0 Å². The fraction of sp³-hybridized carbons (Fsp3) is 0.0606. The minimum Gasteiger partial charge on any atom is -0.507 e. The highest BCUT2D eigenvalue weighted by atomic mass is 16.6. The Labute approximate surface area is 232 Å². The number of esters is 1. The average Bonchev–Trinajstić information content (AvgIpc) is 3.32. The van der Waals surface area contributed by atoms with E-state index in [2.05, 4.69) is 0 Å². The van der Waals surface area contributed by atoms with E-state index in [4.69, 9.17) is 13.6 Å². The lowest BCUT2D eigenvalue weighted by molar-refractivity contribution is 0.0448. The molecule has 4 aromatic carbocycles. The van der Waals surface area contributed by atoms with Gasteiger partial charge in [0.25, 0.3) is 0 Å². The van der Waals surface area contributed by atoms with Crippen molar-refractivity contribution >= 4 is 27.9 Å². The van der Waals surface area contributed by atoms with Crippen molar-refractivity contribution < 1.29 is 28.6 Å². The van der Waals surface area contributed by atoms with E-state index in [9.17, 15) is 24.6 Å². The Balaban J connectivity index is 0.000000149. The lowest BCUT2D eigenvalue weighted by Crippen LogP contribution is -2.14. The summed E-state index contributed by atoms with van der Waals surface area (Å²) in [5.74, 6) is -0.732. The van der Waals surface area contributed by atoms with Crippen molar-refractivity contribution in [3.05, 3.63) is 152 Å². The second-order valence-electron chi connectivity index (χ2n) is 9.40. The molecule has 202 valence electrons. The Bertz CT molecular complexity index is 2040. The molecule has 0 saturated carbocycles. The number of rotatable bonds is 3. The van der Waals surface area contributed by atoms with Crippen LogP contribution in [0.5, 0.6) is 11.5 Å². The Morgan fingerprint density at radius 3 is 1.88 bits per heavy atom. The number of benzene rings is 4. The summed E-state index contributed by atoms with van der Waals surface area (Å²) >= 11 is 0. The fourth-order valence-electron chi connectivity index (χ4n) is 4.87. The molecule has 0 fully saturated rings. The van der Waals surface area contributed by atoms with Crippen LogP contribution < -0.4 is 11.3 Å². The van der Waals surface area contributed by atoms with Crippen LogP contribution in [0.25, 0.3) is 21.9 Å². The van der Waals surface area contributed by atoms with Crippen LogP contribution in [0.4, 0.5) is 0 Å². The second kappa shape index (κ2) is 10.5. The number of hydrogen-bond donors (Lipinski definition) is 2.